The molecule has 0 atom stereocenters. The first-order chi connectivity index (χ1) is 11.1. The summed E-state index contributed by atoms with van der Waals surface area (Å²) in [6, 6.07) is 10.4. The van der Waals surface area contributed by atoms with Crippen LogP contribution in [0.5, 0.6) is 5.75 Å². The van der Waals surface area contributed by atoms with E-state index in [-0.39, 0.29) is 17.6 Å². The number of phenolic OH excluding ortho intramolecular Hbond substituents is 1. The van der Waals surface area contributed by atoms with Crippen LogP contribution in [0.4, 0.5) is 5.69 Å². The summed E-state index contributed by atoms with van der Waals surface area (Å²) in [6.45, 7) is 0.601. The Kier molecular flexibility index (Phi) is 4.21. The molecular formula is C17H15ClN2O3. The number of aryl methyl sites for hydroxylation is 1. The number of phenols is 1. The minimum Gasteiger partial charge on any atom is -0.506 e. The molecule has 3 rings (SSSR count). The molecule has 1 heterocycles. The molecule has 23 heavy (non-hydrogen) atoms. The van der Waals surface area contributed by atoms with Gasteiger partial charge in [-0.05, 0) is 36.6 Å². The summed E-state index contributed by atoms with van der Waals surface area (Å²) in [6.07, 6.45) is 1.40. The molecule has 1 aliphatic heterocycles. The molecule has 0 fully saturated rings. The van der Waals surface area contributed by atoms with Gasteiger partial charge in [0.2, 0.25) is 0 Å². The molecule has 118 valence electrons. The summed E-state index contributed by atoms with van der Waals surface area (Å²) >= 11 is 5.87. The van der Waals surface area contributed by atoms with Gasteiger partial charge in [-0.15, -0.1) is 0 Å². The van der Waals surface area contributed by atoms with E-state index in [0.717, 1.165) is 12.0 Å². The van der Waals surface area contributed by atoms with E-state index in [1.807, 2.05) is 6.07 Å². The standard InChI is InChI=1S/C17H15ClN2O3/c18-12-7-1-4-10(15(12)21)5-3-9-19-13-8-2-6-11-14(13)17(23)20-16(11)22/h1-2,4,6-8,19,21H,3,5,9H2,(H,20,22,23). The van der Waals surface area contributed by atoms with Gasteiger partial charge in [0.05, 0.1) is 16.1 Å². The van der Waals surface area contributed by atoms with Gasteiger partial charge in [0.1, 0.15) is 5.75 Å². The van der Waals surface area contributed by atoms with E-state index in [0.29, 0.717) is 34.8 Å². The first-order valence-corrected chi connectivity index (χ1v) is 7.64. The Hall–Kier alpha value is -2.53. The lowest BCUT2D eigenvalue weighted by molar-refractivity contribution is 0.0880. The van der Waals surface area contributed by atoms with Crippen LogP contribution in [0.1, 0.15) is 32.7 Å². The Labute approximate surface area is 138 Å². The van der Waals surface area contributed by atoms with Crippen molar-refractivity contribution in [2.45, 2.75) is 12.8 Å². The van der Waals surface area contributed by atoms with Gasteiger partial charge in [-0.2, -0.15) is 0 Å². The molecule has 0 spiro atoms. The fraction of sp³-hybridized carbons (Fsp3) is 0.176. The Morgan fingerprint density at radius 1 is 1.09 bits per heavy atom. The van der Waals surface area contributed by atoms with Crippen molar-refractivity contribution in [1.29, 1.82) is 0 Å². The van der Waals surface area contributed by atoms with E-state index in [2.05, 4.69) is 10.6 Å². The zero-order valence-corrected chi connectivity index (χ0v) is 13.0. The van der Waals surface area contributed by atoms with Crippen LogP contribution in [0.15, 0.2) is 36.4 Å². The zero-order valence-electron chi connectivity index (χ0n) is 12.2. The van der Waals surface area contributed by atoms with Crippen LogP contribution in [0.25, 0.3) is 0 Å². The van der Waals surface area contributed by atoms with Crippen LogP contribution in [0.3, 0.4) is 0 Å². The molecule has 0 bridgehead atoms. The second-order valence-corrected chi connectivity index (χ2v) is 5.70. The number of rotatable bonds is 5. The van der Waals surface area contributed by atoms with E-state index in [4.69, 9.17) is 11.6 Å². The van der Waals surface area contributed by atoms with Crippen molar-refractivity contribution < 1.29 is 14.7 Å². The van der Waals surface area contributed by atoms with Gasteiger partial charge in [0.15, 0.2) is 0 Å². The topological polar surface area (TPSA) is 78.4 Å². The van der Waals surface area contributed by atoms with Crippen molar-refractivity contribution >= 4 is 29.1 Å². The van der Waals surface area contributed by atoms with Gasteiger partial charge < -0.3 is 10.4 Å². The summed E-state index contributed by atoms with van der Waals surface area (Å²) in [5, 5.41) is 15.7. The van der Waals surface area contributed by atoms with E-state index in [9.17, 15) is 14.7 Å². The Morgan fingerprint density at radius 3 is 2.70 bits per heavy atom. The smallest absolute Gasteiger partial charge is 0.261 e. The number of imide groups is 1. The summed E-state index contributed by atoms with van der Waals surface area (Å²) in [4.78, 5) is 23.4. The van der Waals surface area contributed by atoms with Crippen LogP contribution < -0.4 is 10.6 Å². The monoisotopic (exact) mass is 330 g/mol. The number of aromatic hydroxyl groups is 1. The lowest BCUT2D eigenvalue weighted by Crippen LogP contribution is -2.20. The third-order valence-electron chi connectivity index (χ3n) is 3.77. The molecular weight excluding hydrogens is 316 g/mol. The maximum Gasteiger partial charge on any atom is 0.261 e. The van der Waals surface area contributed by atoms with Gasteiger partial charge in [0, 0.05) is 12.2 Å². The number of hydrogen-bond donors (Lipinski definition) is 3. The number of benzene rings is 2. The number of carbonyl (C=O) groups excluding carboxylic acids is 2. The highest BCUT2D eigenvalue weighted by Crippen LogP contribution is 2.28. The molecule has 0 aromatic heterocycles. The number of amides is 2. The first kappa shape index (κ1) is 15.4. The molecule has 2 amide bonds. The van der Waals surface area contributed by atoms with Gasteiger partial charge in [-0.25, -0.2) is 0 Å². The van der Waals surface area contributed by atoms with E-state index in [1.165, 1.54) is 0 Å². The van der Waals surface area contributed by atoms with Gasteiger partial charge >= 0.3 is 0 Å². The molecule has 6 heteroatoms. The molecule has 2 aromatic carbocycles. The van der Waals surface area contributed by atoms with Crippen molar-refractivity contribution in [2.75, 3.05) is 11.9 Å². The van der Waals surface area contributed by atoms with Crippen LogP contribution >= 0.6 is 11.6 Å². The van der Waals surface area contributed by atoms with Crippen LogP contribution in [0, 0.1) is 0 Å². The molecule has 2 aromatic rings. The average Bonchev–Trinajstić information content (AvgIpc) is 2.83. The highest BCUT2D eigenvalue weighted by Gasteiger charge is 2.28. The molecule has 0 saturated carbocycles. The summed E-state index contributed by atoms with van der Waals surface area (Å²) in [5.74, 6) is -0.627. The number of carbonyl (C=O) groups is 2. The van der Waals surface area contributed by atoms with Crippen molar-refractivity contribution in [2.24, 2.45) is 0 Å². The normalized spacial score (nSPS) is 12.9. The Bertz CT molecular complexity index is 789. The molecule has 3 N–H and O–H groups in total. The lowest BCUT2D eigenvalue weighted by atomic mass is 10.1. The molecule has 1 aliphatic rings. The van der Waals surface area contributed by atoms with Crippen molar-refractivity contribution in [1.82, 2.24) is 5.32 Å². The fourth-order valence-electron chi connectivity index (χ4n) is 2.63. The zero-order chi connectivity index (χ0) is 16.4. The second-order valence-electron chi connectivity index (χ2n) is 5.29. The maximum atomic E-state index is 11.8. The maximum absolute atomic E-state index is 11.8. The fourth-order valence-corrected chi connectivity index (χ4v) is 2.82. The molecule has 0 saturated heterocycles. The van der Waals surface area contributed by atoms with Crippen LogP contribution in [0.2, 0.25) is 5.02 Å². The molecule has 0 unspecified atom stereocenters. The average molecular weight is 331 g/mol. The second kappa shape index (κ2) is 6.30. The van der Waals surface area contributed by atoms with Crippen molar-refractivity contribution in [3.63, 3.8) is 0 Å². The van der Waals surface area contributed by atoms with Crippen molar-refractivity contribution in [3.05, 3.63) is 58.1 Å². The first-order valence-electron chi connectivity index (χ1n) is 7.27. The quantitative estimate of drug-likeness (QED) is 0.581. The Morgan fingerprint density at radius 2 is 1.87 bits per heavy atom. The van der Waals surface area contributed by atoms with Crippen molar-refractivity contribution in [3.8, 4) is 5.75 Å². The van der Waals surface area contributed by atoms with E-state index >= 15 is 0 Å². The third kappa shape index (κ3) is 3.00. The predicted molar refractivity (Wildman–Crippen MR) is 88.2 cm³/mol. The summed E-state index contributed by atoms with van der Waals surface area (Å²) in [5.41, 5.74) is 2.21. The highest BCUT2D eigenvalue weighted by molar-refractivity contribution is 6.32. The summed E-state index contributed by atoms with van der Waals surface area (Å²) in [7, 11) is 0. The van der Waals surface area contributed by atoms with Gasteiger partial charge in [0.25, 0.3) is 11.8 Å². The lowest BCUT2D eigenvalue weighted by Gasteiger charge is -2.10. The van der Waals surface area contributed by atoms with E-state index in [1.54, 1.807) is 30.3 Å². The van der Waals surface area contributed by atoms with Crippen LogP contribution in [-0.2, 0) is 6.42 Å². The van der Waals surface area contributed by atoms with Gasteiger partial charge in [-0.1, -0.05) is 29.8 Å². The third-order valence-corrected chi connectivity index (χ3v) is 4.08. The number of fused-ring (bicyclic) bond motifs is 1. The Balaban J connectivity index is 1.63. The number of halogens is 1. The molecule has 0 radical (unpaired) electrons. The number of para-hydroxylation sites is 1. The number of hydrogen-bond acceptors (Lipinski definition) is 4. The minimum atomic E-state index is -0.374. The summed E-state index contributed by atoms with van der Waals surface area (Å²) < 4.78 is 0. The van der Waals surface area contributed by atoms with Crippen LogP contribution in [-0.4, -0.2) is 23.5 Å². The number of anilines is 1. The highest BCUT2D eigenvalue weighted by atomic mass is 35.5. The number of nitrogens with one attached hydrogen (secondary N) is 2. The molecule has 0 aliphatic carbocycles. The largest absolute Gasteiger partial charge is 0.506 e. The van der Waals surface area contributed by atoms with E-state index < -0.39 is 0 Å². The predicted octanol–water partition coefficient (Wildman–Crippen LogP) is 2.97. The molecule has 5 nitrogen and oxygen atoms in total. The van der Waals surface area contributed by atoms with Gasteiger partial charge in [-0.3, -0.25) is 14.9 Å². The minimum absolute atomic E-state index is 0.111. The SMILES string of the molecule is O=C1NC(=O)c2c(NCCCc3cccc(Cl)c3O)cccc21.